The summed E-state index contributed by atoms with van der Waals surface area (Å²) in [4.78, 5) is 16.9. The Morgan fingerprint density at radius 1 is 1.62 bits per heavy atom. The van der Waals surface area contributed by atoms with Crippen LogP contribution in [0.2, 0.25) is 0 Å². The Morgan fingerprint density at radius 2 is 2.38 bits per heavy atom. The highest BCUT2D eigenvalue weighted by atomic mass is 16.7. The summed E-state index contributed by atoms with van der Waals surface area (Å²) in [5, 5.41) is 4.49. The number of hydroxylamine groups is 2. The van der Waals surface area contributed by atoms with Gasteiger partial charge in [-0.2, -0.15) is 0 Å². The van der Waals surface area contributed by atoms with Crippen LogP contribution in [0.5, 0.6) is 0 Å². The summed E-state index contributed by atoms with van der Waals surface area (Å²) in [6, 6.07) is 0. The zero-order chi connectivity index (χ0) is 9.68. The van der Waals surface area contributed by atoms with Gasteiger partial charge in [-0.3, -0.25) is 9.63 Å². The van der Waals surface area contributed by atoms with Gasteiger partial charge < -0.3 is 5.32 Å². The molecular formula is C9H18N2O2. The number of nitrogens with one attached hydrogen (secondary N) is 1. The fourth-order valence-corrected chi connectivity index (χ4v) is 1.41. The molecule has 1 saturated heterocycles. The molecule has 1 unspecified atom stereocenters. The van der Waals surface area contributed by atoms with Crippen LogP contribution in [0, 0.1) is 5.92 Å². The van der Waals surface area contributed by atoms with Gasteiger partial charge >= 0.3 is 0 Å². The molecule has 76 valence electrons. The van der Waals surface area contributed by atoms with Crippen molar-refractivity contribution in [1.29, 1.82) is 0 Å². The van der Waals surface area contributed by atoms with Crippen molar-refractivity contribution in [3.8, 4) is 0 Å². The van der Waals surface area contributed by atoms with E-state index in [1.807, 2.05) is 14.0 Å². The highest BCUT2D eigenvalue weighted by Gasteiger charge is 2.22. The van der Waals surface area contributed by atoms with Gasteiger partial charge in [-0.05, 0) is 19.9 Å². The van der Waals surface area contributed by atoms with Crippen molar-refractivity contribution < 1.29 is 9.63 Å². The number of nitrogens with zero attached hydrogens (tertiary/aromatic N) is 1. The van der Waals surface area contributed by atoms with Crippen molar-refractivity contribution in [1.82, 2.24) is 10.4 Å². The van der Waals surface area contributed by atoms with E-state index in [9.17, 15) is 4.79 Å². The first kappa shape index (κ1) is 10.5. The Kier molecular flexibility index (Phi) is 4.18. The standard InChI is InChI=1S/C9H18N2O2/c1-8(7-10-2)9(12)11-5-3-4-6-13-11/h8,10H,3-7H2,1-2H3. The summed E-state index contributed by atoms with van der Waals surface area (Å²) >= 11 is 0. The molecule has 4 heteroatoms. The highest BCUT2D eigenvalue weighted by molar-refractivity contribution is 5.77. The lowest BCUT2D eigenvalue weighted by atomic mass is 10.1. The van der Waals surface area contributed by atoms with Crippen LogP contribution in [0.3, 0.4) is 0 Å². The molecule has 1 N–H and O–H groups in total. The summed E-state index contributed by atoms with van der Waals surface area (Å²) in [7, 11) is 1.85. The molecule has 1 aliphatic rings. The van der Waals surface area contributed by atoms with Gasteiger partial charge in [0.15, 0.2) is 0 Å². The van der Waals surface area contributed by atoms with Crippen LogP contribution in [0.1, 0.15) is 19.8 Å². The molecule has 1 rings (SSSR count). The van der Waals surface area contributed by atoms with Crippen LogP contribution in [0.4, 0.5) is 0 Å². The molecule has 1 fully saturated rings. The van der Waals surface area contributed by atoms with E-state index in [4.69, 9.17) is 4.84 Å². The Bertz CT molecular complexity index is 167. The van der Waals surface area contributed by atoms with E-state index in [0.717, 1.165) is 19.4 Å². The van der Waals surface area contributed by atoms with Crippen molar-refractivity contribution in [2.75, 3.05) is 26.7 Å². The average Bonchev–Trinajstić information content (AvgIpc) is 2.18. The first-order valence-corrected chi connectivity index (χ1v) is 4.84. The minimum atomic E-state index is 0.00287. The quantitative estimate of drug-likeness (QED) is 0.693. The summed E-state index contributed by atoms with van der Waals surface area (Å²) in [5.41, 5.74) is 0. The molecule has 0 aromatic rings. The van der Waals surface area contributed by atoms with Crippen LogP contribution in [-0.2, 0) is 9.63 Å². The van der Waals surface area contributed by atoms with Crippen LogP contribution < -0.4 is 5.32 Å². The zero-order valence-corrected chi connectivity index (χ0v) is 8.38. The molecule has 0 aromatic heterocycles. The highest BCUT2D eigenvalue weighted by Crippen LogP contribution is 2.09. The lowest BCUT2D eigenvalue weighted by molar-refractivity contribution is -0.200. The SMILES string of the molecule is CNCC(C)C(=O)N1CCCCO1. The van der Waals surface area contributed by atoms with E-state index in [1.165, 1.54) is 5.06 Å². The van der Waals surface area contributed by atoms with Crippen molar-refractivity contribution >= 4 is 5.91 Å². The molecule has 1 heterocycles. The third kappa shape index (κ3) is 2.97. The predicted octanol–water partition coefficient (Wildman–Crippen LogP) is 0.396. The van der Waals surface area contributed by atoms with Crippen molar-refractivity contribution in [3.05, 3.63) is 0 Å². The van der Waals surface area contributed by atoms with Crippen molar-refractivity contribution in [2.45, 2.75) is 19.8 Å². The zero-order valence-electron chi connectivity index (χ0n) is 8.38. The Morgan fingerprint density at radius 3 is 2.92 bits per heavy atom. The second-order valence-corrected chi connectivity index (χ2v) is 3.44. The first-order chi connectivity index (χ1) is 6.25. The summed E-state index contributed by atoms with van der Waals surface area (Å²) < 4.78 is 0. The number of carbonyl (C=O) groups excluding carboxylic acids is 1. The molecule has 1 atom stereocenters. The lowest BCUT2D eigenvalue weighted by Crippen LogP contribution is -2.41. The molecule has 0 radical (unpaired) electrons. The second kappa shape index (κ2) is 5.19. The van der Waals surface area contributed by atoms with Gasteiger partial charge in [0.05, 0.1) is 6.61 Å². The van der Waals surface area contributed by atoms with E-state index in [2.05, 4.69) is 5.32 Å². The maximum Gasteiger partial charge on any atom is 0.250 e. The Hall–Kier alpha value is -0.610. The molecule has 0 aromatic carbocycles. The van der Waals surface area contributed by atoms with Gasteiger partial charge in [0.2, 0.25) is 5.91 Å². The van der Waals surface area contributed by atoms with Gasteiger partial charge in [-0.25, -0.2) is 5.06 Å². The number of amides is 1. The molecule has 0 aliphatic carbocycles. The van der Waals surface area contributed by atoms with Gasteiger partial charge in [0, 0.05) is 19.0 Å². The molecular weight excluding hydrogens is 168 g/mol. The molecule has 13 heavy (non-hydrogen) atoms. The van der Waals surface area contributed by atoms with Gasteiger partial charge in [0.25, 0.3) is 0 Å². The van der Waals surface area contributed by atoms with Crippen LogP contribution in [0.25, 0.3) is 0 Å². The fraction of sp³-hybridized carbons (Fsp3) is 0.889. The normalized spacial score (nSPS) is 20.0. The maximum atomic E-state index is 11.6. The molecule has 1 amide bonds. The third-order valence-electron chi connectivity index (χ3n) is 2.18. The second-order valence-electron chi connectivity index (χ2n) is 3.44. The van der Waals surface area contributed by atoms with Crippen molar-refractivity contribution in [3.63, 3.8) is 0 Å². The lowest BCUT2D eigenvalue weighted by Gasteiger charge is -2.28. The smallest absolute Gasteiger partial charge is 0.250 e. The van der Waals surface area contributed by atoms with Crippen LogP contribution >= 0.6 is 0 Å². The van der Waals surface area contributed by atoms with E-state index < -0.39 is 0 Å². The third-order valence-corrected chi connectivity index (χ3v) is 2.18. The summed E-state index contributed by atoms with van der Waals surface area (Å²) in [6.45, 7) is 4.04. The van der Waals surface area contributed by atoms with Crippen LogP contribution in [0.15, 0.2) is 0 Å². The fourth-order valence-electron chi connectivity index (χ4n) is 1.41. The molecule has 0 bridgehead atoms. The number of hydrogen-bond donors (Lipinski definition) is 1. The van der Waals surface area contributed by atoms with Crippen LogP contribution in [-0.4, -0.2) is 37.7 Å². The monoisotopic (exact) mass is 186 g/mol. The van der Waals surface area contributed by atoms with E-state index >= 15 is 0 Å². The molecule has 0 saturated carbocycles. The minimum Gasteiger partial charge on any atom is -0.319 e. The van der Waals surface area contributed by atoms with E-state index in [0.29, 0.717) is 13.2 Å². The largest absolute Gasteiger partial charge is 0.319 e. The number of rotatable bonds is 3. The number of hydrogen-bond acceptors (Lipinski definition) is 3. The van der Waals surface area contributed by atoms with E-state index in [1.54, 1.807) is 0 Å². The Balaban J connectivity index is 2.36. The number of carbonyl (C=O) groups is 1. The Labute approximate surface area is 79.2 Å². The molecule has 1 aliphatic heterocycles. The minimum absolute atomic E-state index is 0.00287. The average molecular weight is 186 g/mol. The van der Waals surface area contributed by atoms with Gasteiger partial charge in [-0.15, -0.1) is 0 Å². The predicted molar refractivity (Wildman–Crippen MR) is 50.0 cm³/mol. The van der Waals surface area contributed by atoms with E-state index in [-0.39, 0.29) is 11.8 Å². The van der Waals surface area contributed by atoms with Crippen molar-refractivity contribution in [2.24, 2.45) is 5.92 Å². The summed E-state index contributed by atoms with van der Waals surface area (Å²) in [6.07, 6.45) is 2.11. The first-order valence-electron chi connectivity index (χ1n) is 4.84. The van der Waals surface area contributed by atoms with Gasteiger partial charge in [0.1, 0.15) is 0 Å². The molecule has 4 nitrogen and oxygen atoms in total. The van der Waals surface area contributed by atoms with Gasteiger partial charge in [-0.1, -0.05) is 6.92 Å². The topological polar surface area (TPSA) is 41.6 Å². The maximum absolute atomic E-state index is 11.6. The summed E-state index contributed by atoms with van der Waals surface area (Å²) in [5.74, 6) is 0.0946. The molecule has 0 spiro atoms.